The largest absolute Gasteiger partial charge is 0.480 e. The molecule has 2 atom stereocenters. The molecule has 2 aromatic rings. The van der Waals surface area contributed by atoms with Crippen LogP contribution in [0.3, 0.4) is 0 Å². The number of ether oxygens (including phenoxy) is 2. The minimum atomic E-state index is -1.10. The van der Waals surface area contributed by atoms with Gasteiger partial charge in [-0.05, 0) is 62.3 Å². The lowest BCUT2D eigenvalue weighted by Gasteiger charge is -2.41. The summed E-state index contributed by atoms with van der Waals surface area (Å²) in [5, 5.41) is 16.0. The van der Waals surface area contributed by atoms with E-state index in [0.717, 1.165) is 55.7 Å². The smallest absolute Gasteiger partial charge is 0.326 e. The maximum Gasteiger partial charge on any atom is 0.326 e. The van der Waals surface area contributed by atoms with E-state index in [1.807, 2.05) is 35.2 Å². The number of unbranched alkanes of at least 4 members (excludes halogenated alkanes) is 1. The van der Waals surface area contributed by atoms with Crippen LogP contribution >= 0.6 is 0 Å². The Morgan fingerprint density at radius 2 is 2.00 bits per heavy atom. The van der Waals surface area contributed by atoms with Gasteiger partial charge in [-0.25, -0.2) is 14.2 Å². The molecule has 0 saturated carbocycles. The van der Waals surface area contributed by atoms with Gasteiger partial charge in [-0.2, -0.15) is 0 Å². The number of carboxylic acids is 1. The van der Waals surface area contributed by atoms with Gasteiger partial charge in [0.05, 0.1) is 19.3 Å². The van der Waals surface area contributed by atoms with Gasteiger partial charge >= 0.3 is 5.97 Å². The summed E-state index contributed by atoms with van der Waals surface area (Å²) in [5.74, 6) is -0.465. The Labute approximate surface area is 235 Å². The number of methoxy groups -OCH3 is 1. The van der Waals surface area contributed by atoms with Gasteiger partial charge in [0, 0.05) is 32.4 Å². The lowest BCUT2D eigenvalue weighted by Crippen LogP contribution is -2.60. The van der Waals surface area contributed by atoms with Crippen molar-refractivity contribution in [2.75, 3.05) is 58.5 Å². The Kier molecular flexibility index (Phi) is 10.9. The van der Waals surface area contributed by atoms with Crippen molar-refractivity contribution in [1.29, 1.82) is 0 Å². The number of carboxylic acid groups (broad SMARTS) is 1. The molecule has 3 heterocycles. The number of anilines is 1. The zero-order chi connectivity index (χ0) is 28.4. The normalized spacial score (nSPS) is 17.3. The molecular formula is C30H41FN4O5. The van der Waals surface area contributed by atoms with Crippen LogP contribution in [0.5, 0.6) is 0 Å². The number of carbonyl (C=O) groups is 2. The highest BCUT2D eigenvalue weighted by Gasteiger charge is 2.48. The van der Waals surface area contributed by atoms with Crippen LogP contribution < -0.4 is 10.6 Å². The van der Waals surface area contributed by atoms with Crippen molar-refractivity contribution in [3.8, 4) is 0 Å². The predicted octanol–water partition coefficient (Wildman–Crippen LogP) is 2.98. The lowest BCUT2D eigenvalue weighted by molar-refractivity contribution is -0.151. The molecule has 0 unspecified atom stereocenters. The van der Waals surface area contributed by atoms with E-state index in [2.05, 4.69) is 22.8 Å². The van der Waals surface area contributed by atoms with Crippen molar-refractivity contribution in [1.82, 2.24) is 15.2 Å². The first kappa shape index (κ1) is 29.9. The summed E-state index contributed by atoms with van der Waals surface area (Å²) in [5.41, 5.74) is 2.22. The molecule has 1 amide bonds. The fourth-order valence-electron chi connectivity index (χ4n) is 5.28. The number of benzene rings is 1. The highest BCUT2D eigenvalue weighted by Crippen LogP contribution is 2.33. The Morgan fingerprint density at radius 3 is 2.67 bits per heavy atom. The number of hydrogen-bond acceptors (Lipinski definition) is 7. The summed E-state index contributed by atoms with van der Waals surface area (Å²) in [6.45, 7) is 2.13. The molecule has 3 N–H and O–H groups in total. The molecule has 0 bridgehead atoms. The summed E-state index contributed by atoms with van der Waals surface area (Å²) >= 11 is 0. The summed E-state index contributed by atoms with van der Waals surface area (Å²) in [6.07, 6.45) is 4.34. The zero-order valence-electron chi connectivity index (χ0n) is 23.2. The number of aryl methyl sites for hydroxylation is 2. The topological polar surface area (TPSA) is 113 Å². The monoisotopic (exact) mass is 556 g/mol. The number of alkyl halides is 1. The van der Waals surface area contributed by atoms with E-state index in [9.17, 15) is 19.1 Å². The number of aromatic nitrogens is 1. The first-order valence-corrected chi connectivity index (χ1v) is 14.2. The van der Waals surface area contributed by atoms with Gasteiger partial charge in [-0.3, -0.25) is 4.79 Å². The van der Waals surface area contributed by atoms with E-state index in [1.54, 1.807) is 0 Å². The van der Waals surface area contributed by atoms with Crippen molar-refractivity contribution >= 4 is 17.7 Å². The number of halogens is 1. The second-order valence-electron chi connectivity index (χ2n) is 10.7. The molecule has 2 aliphatic heterocycles. The maximum atomic E-state index is 13.5. The number of rotatable bonds is 16. The van der Waals surface area contributed by atoms with E-state index in [1.165, 1.54) is 12.7 Å². The predicted molar refractivity (Wildman–Crippen MR) is 150 cm³/mol. The second-order valence-corrected chi connectivity index (χ2v) is 10.7. The van der Waals surface area contributed by atoms with Crippen LogP contribution in [-0.2, 0) is 37.3 Å². The molecule has 9 nitrogen and oxygen atoms in total. The van der Waals surface area contributed by atoms with Gasteiger partial charge in [0.15, 0.2) is 0 Å². The molecular weight excluding hydrogens is 515 g/mol. The Morgan fingerprint density at radius 1 is 1.20 bits per heavy atom. The van der Waals surface area contributed by atoms with Gasteiger partial charge in [-0.1, -0.05) is 36.4 Å². The van der Waals surface area contributed by atoms with Gasteiger partial charge in [0.1, 0.15) is 23.9 Å². The lowest BCUT2D eigenvalue weighted by atomic mass is 9.77. The number of amides is 1. The van der Waals surface area contributed by atoms with Crippen LogP contribution in [0, 0.1) is 0 Å². The van der Waals surface area contributed by atoms with Crippen molar-refractivity contribution in [2.45, 2.75) is 56.1 Å². The van der Waals surface area contributed by atoms with Crippen LogP contribution in [-0.4, -0.2) is 92.2 Å². The number of fused-ring (bicyclic) bond motifs is 1. The van der Waals surface area contributed by atoms with Crippen LogP contribution in [0.4, 0.5) is 10.2 Å². The fraction of sp³-hybridized carbons (Fsp3) is 0.567. The van der Waals surface area contributed by atoms with Gasteiger partial charge < -0.3 is 30.1 Å². The molecule has 2 aliphatic rings. The Hall–Kier alpha value is -3.08. The quantitative estimate of drug-likeness (QED) is 0.271. The van der Waals surface area contributed by atoms with Crippen LogP contribution in [0.1, 0.15) is 42.5 Å². The maximum absolute atomic E-state index is 13.5. The molecule has 40 heavy (non-hydrogen) atoms. The number of carbonyl (C=O) groups excluding carboxylic acids is 1. The number of nitrogens with zero attached hydrogens (tertiary/aromatic N) is 2. The summed E-state index contributed by atoms with van der Waals surface area (Å²) in [7, 11) is 1.47. The van der Waals surface area contributed by atoms with Crippen molar-refractivity contribution in [3.63, 3.8) is 0 Å². The molecule has 1 saturated heterocycles. The number of aliphatic carboxylic acids is 1. The molecule has 0 spiro atoms. The standard InChI is InChI=1S/C30H41FN4O5/c1-39-25(18-31)19-35(16-6-5-11-24-13-12-22-8-7-15-32-27(22)33-24)17-14-26(28(36)37)34-29(38)30(20-40-21-30)23-9-3-2-4-10-23/h2-4,9-10,12-13,25-26H,5-8,11,14-21H2,1H3,(H,32,33)(H,34,38)(H,36,37)/t25-,26+/m1/s1. The summed E-state index contributed by atoms with van der Waals surface area (Å²) in [6, 6.07) is 12.5. The average molecular weight is 557 g/mol. The zero-order valence-corrected chi connectivity index (χ0v) is 23.2. The summed E-state index contributed by atoms with van der Waals surface area (Å²) in [4.78, 5) is 32.2. The molecule has 218 valence electrons. The number of nitrogens with one attached hydrogen (secondary N) is 2. The molecule has 1 fully saturated rings. The van der Waals surface area contributed by atoms with Crippen LogP contribution in [0.2, 0.25) is 0 Å². The van der Waals surface area contributed by atoms with Crippen molar-refractivity contribution in [2.24, 2.45) is 0 Å². The van der Waals surface area contributed by atoms with E-state index in [-0.39, 0.29) is 25.5 Å². The van der Waals surface area contributed by atoms with Crippen LogP contribution in [0.25, 0.3) is 0 Å². The molecule has 4 rings (SSSR count). The molecule has 0 radical (unpaired) electrons. The van der Waals surface area contributed by atoms with E-state index in [4.69, 9.17) is 14.5 Å². The van der Waals surface area contributed by atoms with Gasteiger partial charge in [0.2, 0.25) is 5.91 Å². The first-order chi connectivity index (χ1) is 19.4. The first-order valence-electron chi connectivity index (χ1n) is 14.2. The highest BCUT2D eigenvalue weighted by atomic mass is 19.1. The average Bonchev–Trinajstić information content (AvgIpc) is 2.95. The van der Waals surface area contributed by atoms with E-state index >= 15 is 0 Å². The number of hydrogen-bond donors (Lipinski definition) is 3. The van der Waals surface area contributed by atoms with Crippen molar-refractivity contribution < 1.29 is 28.6 Å². The third kappa shape index (κ3) is 7.56. The third-order valence-electron chi connectivity index (χ3n) is 7.87. The van der Waals surface area contributed by atoms with Crippen molar-refractivity contribution in [3.05, 3.63) is 59.3 Å². The molecule has 10 heteroatoms. The Bertz CT molecular complexity index is 1110. The molecule has 0 aliphatic carbocycles. The SMILES string of the molecule is CO[C@H](CF)CN(CCCCc1ccc2c(n1)NCCC2)CC[C@H](NC(=O)C1(c2ccccc2)COC1)C(=O)O. The summed E-state index contributed by atoms with van der Waals surface area (Å²) < 4.78 is 24.1. The van der Waals surface area contributed by atoms with Gasteiger partial charge in [-0.15, -0.1) is 0 Å². The number of pyridine rings is 1. The second kappa shape index (κ2) is 14.5. The van der Waals surface area contributed by atoms with E-state index < -0.39 is 30.2 Å². The third-order valence-corrected chi connectivity index (χ3v) is 7.87. The minimum Gasteiger partial charge on any atom is -0.480 e. The van der Waals surface area contributed by atoms with E-state index in [0.29, 0.717) is 19.6 Å². The fourth-order valence-corrected chi connectivity index (χ4v) is 5.28. The minimum absolute atomic E-state index is 0.188. The highest BCUT2D eigenvalue weighted by molar-refractivity contribution is 5.92. The molecule has 1 aromatic carbocycles. The van der Waals surface area contributed by atoms with Crippen LogP contribution in [0.15, 0.2) is 42.5 Å². The molecule has 1 aromatic heterocycles. The Balaban J connectivity index is 1.32. The van der Waals surface area contributed by atoms with Gasteiger partial charge in [0.25, 0.3) is 0 Å².